The summed E-state index contributed by atoms with van der Waals surface area (Å²) in [5, 5.41) is 2.50. The van der Waals surface area contributed by atoms with Gasteiger partial charge in [0, 0.05) is 4.47 Å². The summed E-state index contributed by atoms with van der Waals surface area (Å²) >= 11 is 3.32. The number of benzene rings is 1. The number of anilines is 1. The molecule has 0 aliphatic heterocycles. The maximum atomic E-state index is 11.6. The van der Waals surface area contributed by atoms with E-state index in [4.69, 9.17) is 4.74 Å². The van der Waals surface area contributed by atoms with Gasteiger partial charge in [-0.25, -0.2) is 4.79 Å². The van der Waals surface area contributed by atoms with Crippen LogP contribution < -0.4 is 5.32 Å². The SMILES string of the molecule is Cc1ccc(NC(=O)C(=O)OC(C)(C)C)c(Br)c1. The number of ether oxygens (including phenoxy) is 1. The van der Waals surface area contributed by atoms with Crippen molar-refractivity contribution in [3.05, 3.63) is 28.2 Å². The molecule has 18 heavy (non-hydrogen) atoms. The first-order valence-corrected chi connectivity index (χ1v) is 6.29. The van der Waals surface area contributed by atoms with Crippen LogP contribution in [0.15, 0.2) is 22.7 Å². The third kappa shape index (κ3) is 4.49. The van der Waals surface area contributed by atoms with Crippen molar-refractivity contribution in [3.8, 4) is 0 Å². The fourth-order valence-electron chi connectivity index (χ4n) is 1.22. The summed E-state index contributed by atoms with van der Waals surface area (Å²) in [6.45, 7) is 7.06. The van der Waals surface area contributed by atoms with Gasteiger partial charge in [0.1, 0.15) is 5.60 Å². The Morgan fingerprint density at radius 2 is 1.89 bits per heavy atom. The number of amides is 1. The Morgan fingerprint density at radius 1 is 1.28 bits per heavy atom. The van der Waals surface area contributed by atoms with E-state index in [0.29, 0.717) is 5.69 Å². The van der Waals surface area contributed by atoms with E-state index >= 15 is 0 Å². The van der Waals surface area contributed by atoms with Crippen LogP contribution in [-0.2, 0) is 14.3 Å². The van der Waals surface area contributed by atoms with Gasteiger partial charge in [0.15, 0.2) is 0 Å². The predicted octanol–water partition coefficient (Wildman–Crippen LogP) is 3.04. The smallest absolute Gasteiger partial charge is 0.397 e. The minimum absolute atomic E-state index is 0.538. The minimum atomic E-state index is -0.894. The summed E-state index contributed by atoms with van der Waals surface area (Å²) in [6.07, 6.45) is 0. The zero-order chi connectivity index (χ0) is 13.9. The molecule has 1 aromatic rings. The van der Waals surface area contributed by atoms with E-state index in [0.717, 1.165) is 10.0 Å². The summed E-state index contributed by atoms with van der Waals surface area (Å²) in [4.78, 5) is 23.1. The van der Waals surface area contributed by atoms with Gasteiger partial charge in [-0.15, -0.1) is 0 Å². The van der Waals surface area contributed by atoms with E-state index in [1.54, 1.807) is 26.8 Å². The van der Waals surface area contributed by atoms with Crippen molar-refractivity contribution in [2.75, 3.05) is 5.32 Å². The molecule has 1 amide bonds. The Hall–Kier alpha value is -1.36. The van der Waals surface area contributed by atoms with Gasteiger partial charge in [0.25, 0.3) is 0 Å². The van der Waals surface area contributed by atoms with Crippen LogP contribution in [0.1, 0.15) is 26.3 Å². The Bertz CT molecular complexity index is 478. The van der Waals surface area contributed by atoms with Crippen LogP contribution >= 0.6 is 15.9 Å². The van der Waals surface area contributed by atoms with Gasteiger partial charge in [0.2, 0.25) is 0 Å². The highest BCUT2D eigenvalue weighted by Crippen LogP contribution is 2.23. The summed E-state index contributed by atoms with van der Waals surface area (Å²) in [6, 6.07) is 5.42. The fourth-order valence-corrected chi connectivity index (χ4v) is 1.81. The van der Waals surface area contributed by atoms with Crippen molar-refractivity contribution in [3.63, 3.8) is 0 Å². The molecule has 98 valence electrons. The lowest BCUT2D eigenvalue weighted by molar-refractivity contribution is -0.161. The summed E-state index contributed by atoms with van der Waals surface area (Å²) in [7, 11) is 0. The lowest BCUT2D eigenvalue weighted by atomic mass is 10.2. The standard InChI is InChI=1S/C13H16BrNO3/c1-8-5-6-10(9(14)7-8)15-11(16)12(17)18-13(2,3)4/h5-7H,1-4H3,(H,15,16). The number of rotatable bonds is 1. The molecule has 0 bridgehead atoms. The second-order valence-electron chi connectivity index (χ2n) is 4.94. The molecular formula is C13H16BrNO3. The molecule has 5 heteroatoms. The van der Waals surface area contributed by atoms with Crippen LogP contribution in [0.2, 0.25) is 0 Å². The van der Waals surface area contributed by atoms with Gasteiger partial charge in [-0.05, 0) is 61.3 Å². The number of esters is 1. The first-order valence-electron chi connectivity index (χ1n) is 5.49. The quantitative estimate of drug-likeness (QED) is 0.640. The second kappa shape index (κ2) is 5.52. The Morgan fingerprint density at radius 3 is 2.39 bits per heavy atom. The Balaban J connectivity index is 2.73. The highest BCUT2D eigenvalue weighted by Gasteiger charge is 2.23. The number of hydrogen-bond donors (Lipinski definition) is 1. The lowest BCUT2D eigenvalue weighted by Gasteiger charge is -2.19. The van der Waals surface area contributed by atoms with Crippen LogP contribution in [0.5, 0.6) is 0 Å². The molecule has 0 unspecified atom stereocenters. The van der Waals surface area contributed by atoms with E-state index in [1.165, 1.54) is 0 Å². The van der Waals surface area contributed by atoms with Crippen molar-refractivity contribution in [2.45, 2.75) is 33.3 Å². The maximum Gasteiger partial charge on any atom is 0.397 e. The van der Waals surface area contributed by atoms with E-state index in [9.17, 15) is 9.59 Å². The van der Waals surface area contributed by atoms with Crippen molar-refractivity contribution in [2.24, 2.45) is 0 Å². The van der Waals surface area contributed by atoms with E-state index in [1.807, 2.05) is 19.1 Å². The molecule has 0 fully saturated rings. The number of halogens is 1. The number of aryl methyl sites for hydroxylation is 1. The molecule has 0 saturated heterocycles. The number of hydrogen-bond acceptors (Lipinski definition) is 3. The Labute approximate surface area is 115 Å². The van der Waals surface area contributed by atoms with Gasteiger partial charge in [-0.3, -0.25) is 4.79 Å². The minimum Gasteiger partial charge on any atom is -0.453 e. The van der Waals surface area contributed by atoms with Crippen molar-refractivity contribution in [1.82, 2.24) is 0 Å². The molecular weight excluding hydrogens is 298 g/mol. The van der Waals surface area contributed by atoms with Gasteiger partial charge >= 0.3 is 11.9 Å². The molecule has 0 aliphatic carbocycles. The number of carbonyl (C=O) groups is 2. The van der Waals surface area contributed by atoms with Crippen LogP contribution in [0, 0.1) is 6.92 Å². The number of carbonyl (C=O) groups excluding carboxylic acids is 2. The first kappa shape index (κ1) is 14.7. The molecule has 0 atom stereocenters. The first-order chi connectivity index (χ1) is 8.19. The lowest BCUT2D eigenvalue weighted by Crippen LogP contribution is -2.32. The third-order valence-corrected chi connectivity index (χ3v) is 2.61. The molecule has 0 saturated carbocycles. The molecule has 0 aliphatic rings. The normalized spacial score (nSPS) is 10.9. The van der Waals surface area contributed by atoms with Crippen LogP contribution in [-0.4, -0.2) is 17.5 Å². The average Bonchev–Trinajstić information content (AvgIpc) is 2.19. The molecule has 4 nitrogen and oxygen atoms in total. The van der Waals surface area contributed by atoms with Gasteiger partial charge in [0.05, 0.1) is 5.69 Å². The molecule has 0 spiro atoms. The third-order valence-electron chi connectivity index (χ3n) is 1.96. The monoisotopic (exact) mass is 313 g/mol. The van der Waals surface area contributed by atoms with Crippen LogP contribution in [0.25, 0.3) is 0 Å². The zero-order valence-electron chi connectivity index (χ0n) is 10.8. The van der Waals surface area contributed by atoms with Crippen molar-refractivity contribution < 1.29 is 14.3 Å². The fraction of sp³-hybridized carbons (Fsp3) is 0.385. The summed E-state index contributed by atoms with van der Waals surface area (Å²) in [5.41, 5.74) is 0.910. The maximum absolute atomic E-state index is 11.6. The van der Waals surface area contributed by atoms with E-state index < -0.39 is 17.5 Å². The van der Waals surface area contributed by atoms with E-state index in [-0.39, 0.29) is 0 Å². The molecule has 1 N–H and O–H groups in total. The molecule has 1 aromatic carbocycles. The van der Waals surface area contributed by atoms with Crippen molar-refractivity contribution in [1.29, 1.82) is 0 Å². The second-order valence-corrected chi connectivity index (χ2v) is 5.79. The van der Waals surface area contributed by atoms with Crippen molar-refractivity contribution >= 4 is 33.5 Å². The predicted molar refractivity (Wildman–Crippen MR) is 73.4 cm³/mol. The highest BCUT2D eigenvalue weighted by atomic mass is 79.9. The van der Waals surface area contributed by atoms with Crippen LogP contribution in [0.3, 0.4) is 0 Å². The highest BCUT2D eigenvalue weighted by molar-refractivity contribution is 9.10. The van der Waals surface area contributed by atoms with Gasteiger partial charge in [-0.2, -0.15) is 0 Å². The van der Waals surface area contributed by atoms with Gasteiger partial charge < -0.3 is 10.1 Å². The summed E-state index contributed by atoms with van der Waals surface area (Å²) < 4.78 is 5.69. The molecule has 0 heterocycles. The van der Waals surface area contributed by atoms with E-state index in [2.05, 4.69) is 21.2 Å². The zero-order valence-corrected chi connectivity index (χ0v) is 12.4. The molecule has 0 radical (unpaired) electrons. The van der Waals surface area contributed by atoms with Gasteiger partial charge in [-0.1, -0.05) is 6.07 Å². The van der Waals surface area contributed by atoms with Crippen LogP contribution in [0.4, 0.5) is 5.69 Å². The largest absolute Gasteiger partial charge is 0.453 e. The summed E-state index contributed by atoms with van der Waals surface area (Å²) in [5.74, 6) is -1.68. The topological polar surface area (TPSA) is 55.4 Å². The molecule has 1 rings (SSSR count). The number of nitrogens with one attached hydrogen (secondary N) is 1. The Kier molecular flexibility index (Phi) is 4.51. The average molecular weight is 314 g/mol. The molecule has 0 aromatic heterocycles.